The lowest BCUT2D eigenvalue weighted by Gasteiger charge is -2.36. The van der Waals surface area contributed by atoms with Crippen molar-refractivity contribution in [3.63, 3.8) is 0 Å². The summed E-state index contributed by atoms with van der Waals surface area (Å²) in [5, 5.41) is 0. The van der Waals surface area contributed by atoms with E-state index in [0.29, 0.717) is 5.92 Å². The molecule has 2 fully saturated rings. The molecule has 1 aromatic heterocycles. The highest BCUT2D eigenvalue weighted by atomic mass is 32.2. The van der Waals surface area contributed by atoms with Crippen LogP contribution in [-0.2, 0) is 10.0 Å². The first-order chi connectivity index (χ1) is 9.95. The number of hydrogen-bond acceptors (Lipinski definition) is 5. The maximum Gasteiger partial charge on any atom is 0.211 e. The maximum absolute atomic E-state index is 11.6. The zero-order valence-corrected chi connectivity index (χ0v) is 13.4. The SMILES string of the molecule is CN(C1CCN(c2cc(C3CC3)ncn2)CC1)S(C)(=O)=O. The van der Waals surface area contributed by atoms with Crippen LogP contribution < -0.4 is 4.90 Å². The molecule has 0 N–H and O–H groups in total. The van der Waals surface area contributed by atoms with Gasteiger partial charge in [0.1, 0.15) is 12.1 Å². The van der Waals surface area contributed by atoms with E-state index in [1.54, 1.807) is 13.4 Å². The van der Waals surface area contributed by atoms with Gasteiger partial charge in [0.05, 0.1) is 6.26 Å². The van der Waals surface area contributed by atoms with Gasteiger partial charge in [-0.2, -0.15) is 0 Å². The second kappa shape index (κ2) is 5.53. The van der Waals surface area contributed by atoms with Gasteiger partial charge in [0, 0.05) is 43.9 Å². The minimum absolute atomic E-state index is 0.0981. The fraction of sp³-hybridized carbons (Fsp3) is 0.714. The molecule has 0 radical (unpaired) electrons. The molecule has 1 aliphatic heterocycles. The van der Waals surface area contributed by atoms with E-state index in [-0.39, 0.29) is 6.04 Å². The van der Waals surface area contributed by atoms with Crippen LogP contribution in [0.4, 0.5) is 5.82 Å². The van der Waals surface area contributed by atoms with E-state index in [9.17, 15) is 8.42 Å². The second-order valence-electron chi connectivity index (χ2n) is 6.07. The zero-order chi connectivity index (χ0) is 15.0. The molecular weight excluding hydrogens is 288 g/mol. The molecule has 0 amide bonds. The van der Waals surface area contributed by atoms with Crippen molar-refractivity contribution in [1.29, 1.82) is 0 Å². The van der Waals surface area contributed by atoms with Crippen molar-refractivity contribution in [2.75, 3.05) is 31.3 Å². The molecule has 0 bridgehead atoms. The predicted molar refractivity (Wildman–Crippen MR) is 81.8 cm³/mol. The van der Waals surface area contributed by atoms with Crippen molar-refractivity contribution in [3.05, 3.63) is 18.1 Å². The topological polar surface area (TPSA) is 66.4 Å². The Morgan fingerprint density at radius 3 is 2.43 bits per heavy atom. The predicted octanol–water partition coefficient (Wildman–Crippen LogP) is 1.21. The number of rotatable bonds is 4. The van der Waals surface area contributed by atoms with E-state index in [1.165, 1.54) is 23.4 Å². The van der Waals surface area contributed by atoms with Crippen LogP contribution in [-0.4, -0.2) is 55.1 Å². The minimum atomic E-state index is -3.11. The third-order valence-electron chi connectivity index (χ3n) is 4.50. The normalized spacial score (nSPS) is 21.0. The van der Waals surface area contributed by atoms with Crippen LogP contribution in [0.1, 0.15) is 37.3 Å². The highest BCUT2D eigenvalue weighted by Gasteiger charge is 2.29. The van der Waals surface area contributed by atoms with Crippen molar-refractivity contribution >= 4 is 15.8 Å². The largest absolute Gasteiger partial charge is 0.356 e. The van der Waals surface area contributed by atoms with E-state index in [2.05, 4.69) is 20.9 Å². The number of anilines is 1. The van der Waals surface area contributed by atoms with Crippen LogP contribution in [0.2, 0.25) is 0 Å². The Kier molecular flexibility index (Phi) is 3.88. The third-order valence-corrected chi connectivity index (χ3v) is 5.84. The fourth-order valence-electron chi connectivity index (χ4n) is 2.87. The van der Waals surface area contributed by atoms with Crippen LogP contribution >= 0.6 is 0 Å². The fourth-order valence-corrected chi connectivity index (χ4v) is 3.62. The molecule has 0 aromatic carbocycles. The van der Waals surface area contributed by atoms with Crippen LogP contribution in [0.25, 0.3) is 0 Å². The summed E-state index contributed by atoms with van der Waals surface area (Å²) in [6.45, 7) is 1.68. The Morgan fingerprint density at radius 1 is 1.19 bits per heavy atom. The lowest BCUT2D eigenvalue weighted by atomic mass is 10.1. The van der Waals surface area contributed by atoms with E-state index >= 15 is 0 Å². The van der Waals surface area contributed by atoms with Gasteiger partial charge in [-0.3, -0.25) is 0 Å². The molecule has 7 heteroatoms. The molecule has 21 heavy (non-hydrogen) atoms. The molecule has 116 valence electrons. The van der Waals surface area contributed by atoms with Gasteiger partial charge in [-0.1, -0.05) is 0 Å². The molecule has 1 saturated heterocycles. The lowest BCUT2D eigenvalue weighted by Crippen LogP contribution is -2.45. The number of sulfonamides is 1. The van der Waals surface area contributed by atoms with Gasteiger partial charge >= 0.3 is 0 Å². The molecule has 6 nitrogen and oxygen atoms in total. The highest BCUT2D eigenvalue weighted by Crippen LogP contribution is 2.39. The van der Waals surface area contributed by atoms with E-state index in [1.807, 2.05) is 0 Å². The van der Waals surface area contributed by atoms with Gasteiger partial charge in [0.25, 0.3) is 0 Å². The van der Waals surface area contributed by atoms with Crippen molar-refractivity contribution in [2.24, 2.45) is 0 Å². The van der Waals surface area contributed by atoms with E-state index < -0.39 is 10.0 Å². The van der Waals surface area contributed by atoms with Gasteiger partial charge in [-0.05, 0) is 25.7 Å². The summed E-state index contributed by atoms with van der Waals surface area (Å²) in [5.74, 6) is 1.60. The van der Waals surface area contributed by atoms with Gasteiger partial charge in [0.2, 0.25) is 10.0 Å². The summed E-state index contributed by atoms with van der Waals surface area (Å²) < 4.78 is 24.7. The average molecular weight is 310 g/mol. The molecule has 3 rings (SSSR count). The van der Waals surface area contributed by atoms with Gasteiger partial charge in [0.15, 0.2) is 0 Å². The van der Waals surface area contributed by atoms with Gasteiger partial charge < -0.3 is 4.90 Å². The minimum Gasteiger partial charge on any atom is -0.356 e. The first-order valence-corrected chi connectivity index (χ1v) is 9.30. The Bertz CT molecular complexity index is 607. The molecule has 2 heterocycles. The summed E-state index contributed by atoms with van der Waals surface area (Å²) in [6.07, 6.45) is 7.07. The summed E-state index contributed by atoms with van der Waals surface area (Å²) in [5.41, 5.74) is 1.15. The highest BCUT2D eigenvalue weighted by molar-refractivity contribution is 7.88. The van der Waals surface area contributed by atoms with Crippen molar-refractivity contribution in [2.45, 2.75) is 37.6 Å². The molecule has 0 atom stereocenters. The summed E-state index contributed by atoms with van der Waals surface area (Å²) in [4.78, 5) is 11.0. The van der Waals surface area contributed by atoms with Crippen LogP contribution in [0.5, 0.6) is 0 Å². The van der Waals surface area contributed by atoms with Crippen LogP contribution in [0, 0.1) is 0 Å². The Hall–Kier alpha value is -1.21. The van der Waals surface area contributed by atoms with Crippen molar-refractivity contribution < 1.29 is 8.42 Å². The van der Waals surface area contributed by atoms with E-state index in [0.717, 1.165) is 37.4 Å². The molecule has 0 spiro atoms. The van der Waals surface area contributed by atoms with Crippen molar-refractivity contribution in [3.8, 4) is 0 Å². The number of hydrogen-bond donors (Lipinski definition) is 0. The first kappa shape index (κ1) is 14.7. The molecule has 1 aliphatic carbocycles. The van der Waals surface area contributed by atoms with Crippen LogP contribution in [0.15, 0.2) is 12.4 Å². The molecule has 1 aromatic rings. The number of nitrogens with zero attached hydrogens (tertiary/aromatic N) is 4. The summed E-state index contributed by atoms with van der Waals surface area (Å²) in [7, 11) is -1.43. The molecule has 2 aliphatic rings. The smallest absolute Gasteiger partial charge is 0.211 e. The average Bonchev–Trinajstić information content (AvgIpc) is 3.30. The summed E-state index contributed by atoms with van der Waals surface area (Å²) in [6, 6.07) is 2.19. The number of aromatic nitrogens is 2. The first-order valence-electron chi connectivity index (χ1n) is 7.45. The molecular formula is C14H22N4O2S. The maximum atomic E-state index is 11.6. The van der Waals surface area contributed by atoms with Gasteiger partial charge in [-0.25, -0.2) is 22.7 Å². The van der Waals surface area contributed by atoms with Crippen molar-refractivity contribution in [1.82, 2.24) is 14.3 Å². The monoisotopic (exact) mass is 310 g/mol. The zero-order valence-electron chi connectivity index (χ0n) is 12.6. The Balaban J connectivity index is 1.64. The van der Waals surface area contributed by atoms with Gasteiger partial charge in [-0.15, -0.1) is 0 Å². The Labute approximate surface area is 126 Å². The molecule has 1 saturated carbocycles. The lowest BCUT2D eigenvalue weighted by molar-refractivity contribution is 0.313. The third kappa shape index (κ3) is 3.35. The molecule has 0 unspecified atom stereocenters. The van der Waals surface area contributed by atoms with E-state index in [4.69, 9.17) is 0 Å². The second-order valence-corrected chi connectivity index (χ2v) is 8.11. The quantitative estimate of drug-likeness (QED) is 0.836. The standard InChI is InChI=1S/C14H22N4O2S/c1-17(21(2,19)20)12-5-7-18(8-6-12)14-9-13(11-3-4-11)15-10-16-14/h9-12H,3-8H2,1-2H3. The summed E-state index contributed by atoms with van der Waals surface area (Å²) >= 11 is 0. The van der Waals surface area contributed by atoms with Crippen LogP contribution in [0.3, 0.4) is 0 Å². The number of piperidine rings is 1. The Morgan fingerprint density at radius 2 is 1.86 bits per heavy atom.